The van der Waals surface area contributed by atoms with Crippen molar-refractivity contribution in [1.82, 2.24) is 15.0 Å². The summed E-state index contributed by atoms with van der Waals surface area (Å²) >= 11 is 0. The fourth-order valence-corrected chi connectivity index (χ4v) is 8.03. The first-order chi connectivity index (χ1) is 28.2. The van der Waals surface area contributed by atoms with Crippen LogP contribution in [0, 0.1) is 0 Å². The molecule has 4 nitrogen and oxygen atoms in total. The van der Waals surface area contributed by atoms with Crippen molar-refractivity contribution in [3.05, 3.63) is 200 Å². The van der Waals surface area contributed by atoms with Gasteiger partial charge in [0.25, 0.3) is 0 Å². The van der Waals surface area contributed by atoms with Crippen molar-refractivity contribution in [1.29, 1.82) is 0 Å². The third-order valence-electron chi connectivity index (χ3n) is 11.0. The molecule has 266 valence electrons. The molecule has 0 unspecified atom stereocenters. The lowest BCUT2D eigenvalue weighted by molar-refractivity contribution is 0.669. The van der Waals surface area contributed by atoms with Crippen LogP contribution in [-0.2, 0) is 0 Å². The first-order valence-electron chi connectivity index (χ1n) is 19.2. The zero-order valence-electron chi connectivity index (χ0n) is 30.8. The van der Waals surface area contributed by atoms with E-state index in [0.717, 1.165) is 66.1 Å². The van der Waals surface area contributed by atoms with Gasteiger partial charge in [0, 0.05) is 27.5 Å². The lowest BCUT2D eigenvalue weighted by Gasteiger charge is -2.11. The Balaban J connectivity index is 0.974. The molecule has 0 spiro atoms. The molecule has 0 saturated carbocycles. The van der Waals surface area contributed by atoms with Gasteiger partial charge in [0.05, 0.1) is 0 Å². The summed E-state index contributed by atoms with van der Waals surface area (Å²) < 4.78 is 6.43. The predicted octanol–water partition coefficient (Wildman–Crippen LogP) is 14.1. The molecule has 0 radical (unpaired) electrons. The molecule has 9 aromatic carbocycles. The number of hydrogen-bond donors (Lipinski definition) is 0. The Labute approximate surface area is 329 Å². The number of benzene rings is 9. The molecule has 0 amide bonds. The van der Waals surface area contributed by atoms with Crippen molar-refractivity contribution >= 4 is 43.5 Å². The molecule has 57 heavy (non-hydrogen) atoms. The summed E-state index contributed by atoms with van der Waals surface area (Å²) in [5.74, 6) is 1.89. The van der Waals surface area contributed by atoms with Crippen LogP contribution in [0.4, 0.5) is 0 Å². The molecule has 0 aliphatic heterocycles. The Hall–Kier alpha value is -7.69. The van der Waals surface area contributed by atoms with E-state index in [2.05, 4.69) is 188 Å². The highest BCUT2D eigenvalue weighted by Crippen LogP contribution is 2.39. The van der Waals surface area contributed by atoms with E-state index in [1.807, 2.05) is 12.1 Å². The summed E-state index contributed by atoms with van der Waals surface area (Å²) in [4.78, 5) is 15.3. The maximum absolute atomic E-state index is 6.43. The lowest BCUT2D eigenvalue weighted by Crippen LogP contribution is -2.00. The minimum absolute atomic E-state index is 0.620. The van der Waals surface area contributed by atoms with Crippen LogP contribution in [0.2, 0.25) is 0 Å². The molecule has 2 heterocycles. The normalized spacial score (nSPS) is 11.5. The van der Waals surface area contributed by atoms with Gasteiger partial charge in [-0.2, -0.15) is 0 Å². The molecule has 11 aromatic rings. The van der Waals surface area contributed by atoms with Gasteiger partial charge in [-0.05, 0) is 79.2 Å². The zero-order chi connectivity index (χ0) is 37.7. The summed E-state index contributed by atoms with van der Waals surface area (Å²) in [5.41, 5.74) is 11.4. The van der Waals surface area contributed by atoms with Crippen molar-refractivity contribution in [2.75, 3.05) is 0 Å². The second kappa shape index (κ2) is 13.6. The van der Waals surface area contributed by atoms with Gasteiger partial charge in [0.15, 0.2) is 17.5 Å². The highest BCUT2D eigenvalue weighted by molar-refractivity contribution is 6.13. The molecule has 0 bridgehead atoms. The zero-order valence-corrected chi connectivity index (χ0v) is 30.8. The molecule has 0 aliphatic rings. The molecule has 11 rings (SSSR count). The van der Waals surface area contributed by atoms with Gasteiger partial charge in [-0.3, -0.25) is 0 Å². The Bertz CT molecular complexity index is 3270. The van der Waals surface area contributed by atoms with Crippen molar-refractivity contribution in [2.45, 2.75) is 0 Å². The summed E-state index contributed by atoms with van der Waals surface area (Å²) in [7, 11) is 0. The monoisotopic (exact) mass is 727 g/mol. The van der Waals surface area contributed by atoms with Crippen LogP contribution in [0.15, 0.2) is 205 Å². The van der Waals surface area contributed by atoms with E-state index < -0.39 is 0 Å². The van der Waals surface area contributed by atoms with Gasteiger partial charge in [-0.15, -0.1) is 0 Å². The van der Waals surface area contributed by atoms with Crippen molar-refractivity contribution in [3.8, 4) is 67.5 Å². The SMILES string of the molecule is c1ccc(-c2cccc3oc4cc(-c5ccc(-c6nc(-c7ccc(-c8ccc9ccccc9c8)cc7)nc(-c7cccc8ccccc78)n6)cc5)ccc4c23)cc1. The molecule has 0 fully saturated rings. The van der Waals surface area contributed by atoms with E-state index in [1.165, 1.54) is 27.5 Å². The van der Waals surface area contributed by atoms with Crippen LogP contribution >= 0.6 is 0 Å². The third-order valence-corrected chi connectivity index (χ3v) is 11.0. The Kier molecular flexibility index (Phi) is 7.78. The molecule has 0 saturated heterocycles. The number of nitrogens with zero attached hydrogens (tertiary/aromatic N) is 3. The topological polar surface area (TPSA) is 51.8 Å². The van der Waals surface area contributed by atoms with E-state index in [9.17, 15) is 0 Å². The van der Waals surface area contributed by atoms with Gasteiger partial charge in [-0.1, -0.05) is 176 Å². The quantitative estimate of drug-likeness (QED) is 0.171. The highest BCUT2D eigenvalue weighted by Gasteiger charge is 2.16. The average Bonchev–Trinajstić information content (AvgIpc) is 3.67. The van der Waals surface area contributed by atoms with Crippen LogP contribution in [0.3, 0.4) is 0 Å². The maximum Gasteiger partial charge on any atom is 0.164 e. The lowest BCUT2D eigenvalue weighted by atomic mass is 9.98. The summed E-state index contributed by atoms with van der Waals surface area (Å²) in [6.45, 7) is 0. The Morgan fingerprint density at radius 1 is 0.281 bits per heavy atom. The summed E-state index contributed by atoms with van der Waals surface area (Å²) in [5, 5.41) is 6.93. The largest absolute Gasteiger partial charge is 0.456 e. The number of rotatable bonds is 6. The average molecular weight is 728 g/mol. The van der Waals surface area contributed by atoms with Crippen LogP contribution in [0.1, 0.15) is 0 Å². The molecular weight excluding hydrogens is 695 g/mol. The van der Waals surface area contributed by atoms with Crippen LogP contribution in [0.5, 0.6) is 0 Å². The molecule has 0 N–H and O–H groups in total. The van der Waals surface area contributed by atoms with E-state index in [4.69, 9.17) is 19.4 Å². The van der Waals surface area contributed by atoms with Gasteiger partial charge >= 0.3 is 0 Å². The van der Waals surface area contributed by atoms with E-state index in [0.29, 0.717) is 17.5 Å². The van der Waals surface area contributed by atoms with Crippen molar-refractivity contribution in [2.24, 2.45) is 0 Å². The van der Waals surface area contributed by atoms with E-state index in [-0.39, 0.29) is 0 Å². The van der Waals surface area contributed by atoms with Crippen molar-refractivity contribution < 1.29 is 4.42 Å². The number of aromatic nitrogens is 3. The third kappa shape index (κ3) is 5.92. The van der Waals surface area contributed by atoms with E-state index in [1.54, 1.807) is 0 Å². The molecule has 4 heteroatoms. The standard InChI is InChI=1S/C53H33N3O/c1-2-11-38(12-3-1)45-17-9-19-48-50(45)47-31-30-43(33-49(47)57-48)36-22-27-40(28-23-36)52-54-51(55-53(56-52)46-18-8-15-37-13-6-7-16-44(37)46)39-25-20-35(21-26-39)42-29-24-34-10-4-5-14-41(34)32-42/h1-33H. The first kappa shape index (κ1) is 32.7. The molecule has 2 aromatic heterocycles. The van der Waals surface area contributed by atoms with Crippen LogP contribution < -0.4 is 0 Å². The van der Waals surface area contributed by atoms with Gasteiger partial charge in [0.1, 0.15) is 11.2 Å². The number of fused-ring (bicyclic) bond motifs is 5. The van der Waals surface area contributed by atoms with Crippen LogP contribution in [0.25, 0.3) is 111 Å². The van der Waals surface area contributed by atoms with Gasteiger partial charge in [0.2, 0.25) is 0 Å². The minimum Gasteiger partial charge on any atom is -0.456 e. The smallest absolute Gasteiger partial charge is 0.164 e. The minimum atomic E-state index is 0.620. The summed E-state index contributed by atoms with van der Waals surface area (Å²) in [6, 6.07) is 69.9. The Morgan fingerprint density at radius 3 is 1.58 bits per heavy atom. The highest BCUT2D eigenvalue weighted by atomic mass is 16.3. The molecular formula is C53H33N3O. The molecule has 0 atom stereocenters. The van der Waals surface area contributed by atoms with Crippen molar-refractivity contribution in [3.63, 3.8) is 0 Å². The van der Waals surface area contributed by atoms with Gasteiger partial charge in [-0.25, -0.2) is 15.0 Å². The van der Waals surface area contributed by atoms with E-state index >= 15 is 0 Å². The molecule has 0 aliphatic carbocycles. The number of hydrogen-bond acceptors (Lipinski definition) is 4. The number of furan rings is 1. The maximum atomic E-state index is 6.43. The van der Waals surface area contributed by atoms with Crippen LogP contribution in [-0.4, -0.2) is 15.0 Å². The second-order valence-electron chi connectivity index (χ2n) is 14.4. The Morgan fingerprint density at radius 2 is 0.825 bits per heavy atom. The fraction of sp³-hybridized carbons (Fsp3) is 0. The predicted molar refractivity (Wildman–Crippen MR) is 235 cm³/mol. The van der Waals surface area contributed by atoms with Gasteiger partial charge < -0.3 is 4.42 Å². The second-order valence-corrected chi connectivity index (χ2v) is 14.4. The first-order valence-corrected chi connectivity index (χ1v) is 19.2. The summed E-state index contributed by atoms with van der Waals surface area (Å²) in [6.07, 6.45) is 0. The fourth-order valence-electron chi connectivity index (χ4n) is 8.03.